The molecule has 1 atom stereocenters. The highest BCUT2D eigenvalue weighted by Crippen LogP contribution is 2.41. The molecule has 0 aliphatic heterocycles. The lowest BCUT2D eigenvalue weighted by atomic mass is 9.77. The van der Waals surface area contributed by atoms with Gasteiger partial charge in [-0.3, -0.25) is 0 Å². The number of hydrogen-bond donors (Lipinski definition) is 2. The van der Waals surface area contributed by atoms with Crippen LogP contribution in [0, 0.1) is 0 Å². The van der Waals surface area contributed by atoms with Crippen molar-refractivity contribution >= 4 is 0 Å². The fourth-order valence-corrected chi connectivity index (χ4v) is 2.80. The van der Waals surface area contributed by atoms with E-state index in [-0.39, 0.29) is 16.9 Å². The lowest BCUT2D eigenvalue weighted by Crippen LogP contribution is -2.20. The largest absolute Gasteiger partial charge is 0.507 e. The summed E-state index contributed by atoms with van der Waals surface area (Å²) in [5, 5.41) is 10.7. The zero-order valence-corrected chi connectivity index (χ0v) is 15.6. The van der Waals surface area contributed by atoms with Crippen LogP contribution < -0.4 is 5.73 Å². The molecule has 1 aromatic carbocycles. The standard InChI is InChI=1S/C20H35NO/c1-8-9-10-11-17(21)14-12-15(19(2,3)4)18(22)16(13-14)20(5,6)7/h12-13,17,22H,8-11,21H2,1-7H3/t17-/m0/s1. The minimum absolute atomic E-state index is 0.0503. The SMILES string of the molecule is CCCCC[C@H](N)c1cc(C(C)(C)C)c(O)c(C(C)(C)C)c1. The summed E-state index contributed by atoms with van der Waals surface area (Å²) in [6.07, 6.45) is 4.60. The van der Waals surface area contributed by atoms with Gasteiger partial charge in [0.2, 0.25) is 0 Å². The van der Waals surface area contributed by atoms with Gasteiger partial charge < -0.3 is 10.8 Å². The average Bonchev–Trinajstić information content (AvgIpc) is 2.36. The Bertz CT molecular complexity index is 456. The zero-order chi connectivity index (χ0) is 17.1. The summed E-state index contributed by atoms with van der Waals surface area (Å²) < 4.78 is 0. The van der Waals surface area contributed by atoms with Crippen molar-refractivity contribution in [3.8, 4) is 5.75 Å². The second kappa shape index (κ2) is 7.04. The average molecular weight is 306 g/mol. The summed E-state index contributed by atoms with van der Waals surface area (Å²) in [4.78, 5) is 0. The lowest BCUT2D eigenvalue weighted by Gasteiger charge is -2.29. The first-order chi connectivity index (χ1) is 9.98. The number of phenolic OH excluding ortho intramolecular Hbond substituents is 1. The van der Waals surface area contributed by atoms with Crippen LogP contribution in [0.5, 0.6) is 5.75 Å². The van der Waals surface area contributed by atoms with Crippen LogP contribution in [0.15, 0.2) is 12.1 Å². The number of phenols is 1. The van der Waals surface area contributed by atoms with E-state index in [0.717, 1.165) is 29.5 Å². The molecule has 1 aromatic rings. The Kier molecular flexibility index (Phi) is 6.09. The fraction of sp³-hybridized carbons (Fsp3) is 0.700. The second-order valence-electron chi connectivity index (χ2n) is 8.57. The van der Waals surface area contributed by atoms with Gasteiger partial charge in [-0.2, -0.15) is 0 Å². The minimum atomic E-state index is -0.0940. The van der Waals surface area contributed by atoms with Crippen LogP contribution in [-0.4, -0.2) is 5.11 Å². The molecule has 2 heteroatoms. The molecule has 1 rings (SSSR count). The van der Waals surface area contributed by atoms with Crippen molar-refractivity contribution in [1.29, 1.82) is 0 Å². The van der Waals surface area contributed by atoms with Crippen molar-refractivity contribution in [3.63, 3.8) is 0 Å². The van der Waals surface area contributed by atoms with E-state index in [9.17, 15) is 5.11 Å². The van der Waals surface area contributed by atoms with Crippen LogP contribution in [0.25, 0.3) is 0 Å². The monoisotopic (exact) mass is 305 g/mol. The molecule has 0 heterocycles. The van der Waals surface area contributed by atoms with Gasteiger partial charge in [-0.25, -0.2) is 0 Å². The Morgan fingerprint density at radius 2 is 1.41 bits per heavy atom. The summed E-state index contributed by atoms with van der Waals surface area (Å²) in [5.41, 5.74) is 9.40. The number of nitrogens with two attached hydrogens (primary N) is 1. The van der Waals surface area contributed by atoms with Crippen molar-refractivity contribution in [2.45, 2.75) is 91.0 Å². The van der Waals surface area contributed by atoms with Gasteiger partial charge in [0.05, 0.1) is 0 Å². The molecule has 126 valence electrons. The van der Waals surface area contributed by atoms with Gasteiger partial charge >= 0.3 is 0 Å². The lowest BCUT2D eigenvalue weighted by molar-refractivity contribution is 0.421. The van der Waals surface area contributed by atoms with Crippen molar-refractivity contribution in [3.05, 3.63) is 28.8 Å². The molecule has 0 spiro atoms. The third-order valence-electron chi connectivity index (χ3n) is 4.30. The number of unbranched alkanes of at least 4 members (excludes halogenated alkanes) is 2. The maximum Gasteiger partial charge on any atom is 0.123 e. The molecule has 0 aliphatic rings. The van der Waals surface area contributed by atoms with E-state index in [2.05, 4.69) is 60.6 Å². The second-order valence-corrected chi connectivity index (χ2v) is 8.57. The van der Waals surface area contributed by atoms with Gasteiger partial charge in [-0.1, -0.05) is 79.9 Å². The highest BCUT2D eigenvalue weighted by molar-refractivity contribution is 5.50. The van der Waals surface area contributed by atoms with Gasteiger partial charge in [-0.05, 0) is 33.9 Å². The molecule has 0 aliphatic carbocycles. The molecule has 0 saturated heterocycles. The van der Waals surface area contributed by atoms with E-state index in [4.69, 9.17) is 5.73 Å². The maximum atomic E-state index is 10.7. The Balaban J connectivity index is 3.29. The predicted molar refractivity (Wildman–Crippen MR) is 96.6 cm³/mol. The Morgan fingerprint density at radius 1 is 0.955 bits per heavy atom. The Hall–Kier alpha value is -1.02. The van der Waals surface area contributed by atoms with Crippen LogP contribution in [0.2, 0.25) is 0 Å². The van der Waals surface area contributed by atoms with Gasteiger partial charge in [0.15, 0.2) is 0 Å². The van der Waals surface area contributed by atoms with Crippen molar-refractivity contribution in [2.75, 3.05) is 0 Å². The first kappa shape index (κ1) is 19.0. The zero-order valence-electron chi connectivity index (χ0n) is 15.6. The topological polar surface area (TPSA) is 46.2 Å². The summed E-state index contributed by atoms with van der Waals surface area (Å²) in [7, 11) is 0. The Morgan fingerprint density at radius 3 is 1.77 bits per heavy atom. The molecular weight excluding hydrogens is 270 g/mol. The number of rotatable bonds is 5. The number of hydrogen-bond acceptors (Lipinski definition) is 2. The third kappa shape index (κ3) is 4.74. The van der Waals surface area contributed by atoms with E-state index in [1.165, 1.54) is 12.8 Å². The number of benzene rings is 1. The van der Waals surface area contributed by atoms with Gasteiger partial charge in [0.1, 0.15) is 5.75 Å². The first-order valence-corrected chi connectivity index (χ1v) is 8.62. The highest BCUT2D eigenvalue weighted by Gasteiger charge is 2.27. The summed E-state index contributed by atoms with van der Waals surface area (Å²) >= 11 is 0. The highest BCUT2D eigenvalue weighted by atomic mass is 16.3. The number of aromatic hydroxyl groups is 1. The van der Waals surface area contributed by atoms with E-state index in [0.29, 0.717) is 5.75 Å². The van der Waals surface area contributed by atoms with Crippen molar-refractivity contribution in [2.24, 2.45) is 5.73 Å². The van der Waals surface area contributed by atoms with Crippen molar-refractivity contribution < 1.29 is 5.11 Å². The molecule has 0 amide bonds. The van der Waals surface area contributed by atoms with Crippen LogP contribution in [-0.2, 0) is 10.8 Å². The van der Waals surface area contributed by atoms with Gasteiger partial charge in [0, 0.05) is 6.04 Å². The normalized spacial score (nSPS) is 14.2. The maximum absolute atomic E-state index is 10.7. The van der Waals surface area contributed by atoms with Gasteiger partial charge in [0.25, 0.3) is 0 Å². The van der Waals surface area contributed by atoms with Crippen molar-refractivity contribution in [1.82, 2.24) is 0 Å². The van der Waals surface area contributed by atoms with E-state index >= 15 is 0 Å². The molecule has 0 radical (unpaired) electrons. The molecule has 3 N–H and O–H groups in total. The Labute approximate surface area is 137 Å². The third-order valence-corrected chi connectivity index (χ3v) is 4.30. The molecule has 0 bridgehead atoms. The smallest absolute Gasteiger partial charge is 0.123 e. The van der Waals surface area contributed by atoms with E-state index < -0.39 is 0 Å². The molecule has 2 nitrogen and oxygen atoms in total. The van der Waals surface area contributed by atoms with E-state index in [1.807, 2.05) is 0 Å². The quantitative estimate of drug-likeness (QED) is 0.699. The molecule has 0 aromatic heterocycles. The molecule has 0 fully saturated rings. The van der Waals surface area contributed by atoms with Crippen LogP contribution in [0.4, 0.5) is 0 Å². The molecule has 0 unspecified atom stereocenters. The summed E-state index contributed by atoms with van der Waals surface area (Å²) in [6.45, 7) is 15.0. The minimum Gasteiger partial charge on any atom is -0.507 e. The fourth-order valence-electron chi connectivity index (χ4n) is 2.80. The first-order valence-electron chi connectivity index (χ1n) is 8.62. The van der Waals surface area contributed by atoms with E-state index in [1.54, 1.807) is 0 Å². The van der Waals surface area contributed by atoms with Crippen LogP contribution in [0.3, 0.4) is 0 Å². The summed E-state index contributed by atoms with van der Waals surface area (Å²) in [6, 6.07) is 4.27. The molecule has 22 heavy (non-hydrogen) atoms. The predicted octanol–water partition coefficient (Wildman–Crippen LogP) is 5.57. The molecular formula is C20H35NO. The van der Waals surface area contributed by atoms with Crippen LogP contribution >= 0.6 is 0 Å². The van der Waals surface area contributed by atoms with Gasteiger partial charge in [-0.15, -0.1) is 0 Å². The summed E-state index contributed by atoms with van der Waals surface area (Å²) in [5.74, 6) is 0.435. The van der Waals surface area contributed by atoms with Crippen LogP contribution in [0.1, 0.15) is 96.9 Å². The molecule has 0 saturated carbocycles.